The molecule has 1 N–H and O–H groups in total. The van der Waals surface area contributed by atoms with Crippen LogP contribution in [0.3, 0.4) is 0 Å². The molecule has 1 heterocycles. The van der Waals surface area contributed by atoms with Gasteiger partial charge < -0.3 is 5.32 Å². The predicted molar refractivity (Wildman–Crippen MR) is 71.4 cm³/mol. The molecule has 0 aliphatic carbocycles. The van der Waals surface area contributed by atoms with Gasteiger partial charge in [0.15, 0.2) is 0 Å². The number of nitrogens with zero attached hydrogens (tertiary/aromatic N) is 1. The largest absolute Gasteiger partial charge is 0.315 e. The van der Waals surface area contributed by atoms with Crippen molar-refractivity contribution in [3.63, 3.8) is 0 Å². The molecule has 0 radical (unpaired) electrons. The minimum atomic E-state index is -0.179. The lowest BCUT2D eigenvalue weighted by Crippen LogP contribution is -2.33. The van der Waals surface area contributed by atoms with Crippen LogP contribution in [0.2, 0.25) is 5.02 Å². The molecule has 96 valence electrons. The fourth-order valence-electron chi connectivity index (χ4n) is 2.08. The van der Waals surface area contributed by atoms with Gasteiger partial charge in [0.05, 0.1) is 0 Å². The van der Waals surface area contributed by atoms with Gasteiger partial charge in [-0.3, -0.25) is 4.90 Å². The third kappa shape index (κ3) is 3.81. The summed E-state index contributed by atoms with van der Waals surface area (Å²) in [6, 6.07) is 5.21. The van der Waals surface area contributed by atoms with Crippen LogP contribution in [0.1, 0.15) is 12.0 Å². The number of rotatable bonds is 3. The Kier molecular flexibility index (Phi) is 5.67. The summed E-state index contributed by atoms with van der Waals surface area (Å²) in [6.45, 7) is 2.64. The van der Waals surface area contributed by atoms with Gasteiger partial charge in [0.1, 0.15) is 5.82 Å². The molecule has 1 aliphatic rings. The van der Waals surface area contributed by atoms with Crippen molar-refractivity contribution in [3.8, 4) is 0 Å². The van der Waals surface area contributed by atoms with E-state index in [-0.39, 0.29) is 18.2 Å². The number of hydrogen-bond acceptors (Lipinski definition) is 2. The number of hydrogen-bond donors (Lipinski definition) is 1. The Labute approximate surface area is 113 Å². The van der Waals surface area contributed by atoms with Crippen molar-refractivity contribution in [2.24, 2.45) is 0 Å². The summed E-state index contributed by atoms with van der Waals surface area (Å²) in [5.74, 6) is -0.179. The molecular formula is C12H17Cl2FN2. The number of benzene rings is 1. The van der Waals surface area contributed by atoms with E-state index >= 15 is 0 Å². The van der Waals surface area contributed by atoms with Gasteiger partial charge >= 0.3 is 0 Å². The van der Waals surface area contributed by atoms with Gasteiger partial charge in [-0.25, -0.2) is 4.39 Å². The van der Waals surface area contributed by atoms with Crippen LogP contribution in [-0.2, 0) is 6.54 Å². The molecule has 0 saturated carbocycles. The summed E-state index contributed by atoms with van der Waals surface area (Å²) < 4.78 is 13.5. The molecule has 0 bridgehead atoms. The fraction of sp³-hybridized carbons (Fsp3) is 0.500. The van der Waals surface area contributed by atoms with Gasteiger partial charge in [0, 0.05) is 29.7 Å². The van der Waals surface area contributed by atoms with Crippen LogP contribution in [-0.4, -0.2) is 31.1 Å². The van der Waals surface area contributed by atoms with Crippen LogP contribution in [0.5, 0.6) is 0 Å². The Hall–Kier alpha value is -0.350. The maximum absolute atomic E-state index is 13.5. The first-order valence-electron chi connectivity index (χ1n) is 5.51. The molecule has 1 aliphatic heterocycles. The zero-order valence-corrected chi connectivity index (χ0v) is 11.3. The second-order valence-electron chi connectivity index (χ2n) is 4.30. The molecule has 1 aromatic rings. The van der Waals surface area contributed by atoms with E-state index in [4.69, 9.17) is 11.6 Å². The molecule has 2 nitrogen and oxygen atoms in total. The van der Waals surface area contributed by atoms with Crippen LogP contribution in [0.25, 0.3) is 0 Å². The van der Waals surface area contributed by atoms with Crippen molar-refractivity contribution in [2.45, 2.75) is 19.0 Å². The van der Waals surface area contributed by atoms with E-state index in [1.165, 1.54) is 6.07 Å². The van der Waals surface area contributed by atoms with Crippen molar-refractivity contribution < 1.29 is 4.39 Å². The highest BCUT2D eigenvalue weighted by molar-refractivity contribution is 6.30. The van der Waals surface area contributed by atoms with Crippen LogP contribution >= 0.6 is 24.0 Å². The highest BCUT2D eigenvalue weighted by Gasteiger charge is 2.19. The van der Waals surface area contributed by atoms with Gasteiger partial charge in [-0.15, -0.1) is 12.4 Å². The summed E-state index contributed by atoms with van der Waals surface area (Å²) in [7, 11) is 2.03. The average molecular weight is 279 g/mol. The van der Waals surface area contributed by atoms with Crippen molar-refractivity contribution in [1.29, 1.82) is 0 Å². The Bertz CT molecular complexity index is 368. The molecular weight excluding hydrogens is 262 g/mol. The van der Waals surface area contributed by atoms with Gasteiger partial charge in [-0.1, -0.05) is 11.6 Å². The maximum atomic E-state index is 13.5. The lowest BCUT2D eigenvalue weighted by atomic mass is 10.1. The van der Waals surface area contributed by atoms with Gasteiger partial charge in [0.25, 0.3) is 0 Å². The molecule has 0 spiro atoms. The third-order valence-electron chi connectivity index (χ3n) is 3.09. The smallest absolute Gasteiger partial charge is 0.127 e. The standard InChI is InChI=1S/C12H16ClFN2.ClH/c1-16(11-4-5-15-7-11)8-9-6-10(13)2-3-12(9)14;/h2-3,6,11,15H,4-5,7-8H2,1H3;1H. The monoisotopic (exact) mass is 278 g/mol. The lowest BCUT2D eigenvalue weighted by Gasteiger charge is -2.23. The summed E-state index contributed by atoms with van der Waals surface area (Å²) in [5.41, 5.74) is 0.668. The van der Waals surface area contributed by atoms with Crippen molar-refractivity contribution >= 4 is 24.0 Å². The first-order chi connectivity index (χ1) is 7.66. The molecule has 2 rings (SSSR count). The molecule has 1 aromatic carbocycles. The van der Waals surface area contributed by atoms with E-state index in [0.29, 0.717) is 23.2 Å². The Morgan fingerprint density at radius 2 is 2.29 bits per heavy atom. The first kappa shape index (κ1) is 14.7. The molecule has 1 saturated heterocycles. The normalized spacial score (nSPS) is 19.4. The molecule has 17 heavy (non-hydrogen) atoms. The average Bonchev–Trinajstić information content (AvgIpc) is 2.76. The highest BCUT2D eigenvalue weighted by Crippen LogP contribution is 2.18. The van der Waals surface area contributed by atoms with E-state index in [2.05, 4.69) is 10.2 Å². The third-order valence-corrected chi connectivity index (χ3v) is 3.32. The minimum absolute atomic E-state index is 0. The van der Waals surface area contributed by atoms with Gasteiger partial charge in [-0.2, -0.15) is 0 Å². The molecule has 1 atom stereocenters. The van der Waals surface area contributed by atoms with Crippen LogP contribution in [0.15, 0.2) is 18.2 Å². The van der Waals surface area contributed by atoms with E-state index in [0.717, 1.165) is 19.5 Å². The summed E-state index contributed by atoms with van der Waals surface area (Å²) in [4.78, 5) is 2.18. The molecule has 1 fully saturated rings. The van der Waals surface area contributed by atoms with E-state index < -0.39 is 0 Å². The topological polar surface area (TPSA) is 15.3 Å². The molecule has 0 amide bonds. The van der Waals surface area contributed by atoms with Crippen molar-refractivity contribution in [2.75, 3.05) is 20.1 Å². The summed E-state index contributed by atoms with van der Waals surface area (Å²) >= 11 is 5.86. The highest BCUT2D eigenvalue weighted by atomic mass is 35.5. The second kappa shape index (κ2) is 6.55. The van der Waals surface area contributed by atoms with Crippen LogP contribution in [0, 0.1) is 5.82 Å². The van der Waals surface area contributed by atoms with Crippen LogP contribution in [0.4, 0.5) is 4.39 Å². The van der Waals surface area contributed by atoms with Crippen molar-refractivity contribution in [3.05, 3.63) is 34.6 Å². The van der Waals surface area contributed by atoms with E-state index in [1.807, 2.05) is 7.05 Å². The van der Waals surface area contributed by atoms with Gasteiger partial charge in [-0.05, 0) is 38.2 Å². The van der Waals surface area contributed by atoms with E-state index in [1.54, 1.807) is 12.1 Å². The molecule has 5 heteroatoms. The quantitative estimate of drug-likeness (QED) is 0.915. The number of nitrogens with one attached hydrogen (secondary N) is 1. The zero-order valence-electron chi connectivity index (χ0n) is 9.75. The molecule has 0 aromatic heterocycles. The van der Waals surface area contributed by atoms with E-state index in [9.17, 15) is 4.39 Å². The summed E-state index contributed by atoms with van der Waals surface area (Å²) in [6.07, 6.45) is 1.12. The number of likely N-dealkylation sites (N-methyl/N-ethyl adjacent to an activating group) is 1. The molecule has 1 unspecified atom stereocenters. The maximum Gasteiger partial charge on any atom is 0.127 e. The lowest BCUT2D eigenvalue weighted by molar-refractivity contribution is 0.245. The Balaban J connectivity index is 0.00000144. The van der Waals surface area contributed by atoms with Crippen LogP contribution < -0.4 is 5.32 Å². The Morgan fingerprint density at radius 1 is 1.53 bits per heavy atom. The summed E-state index contributed by atoms with van der Waals surface area (Å²) in [5, 5.41) is 3.90. The second-order valence-corrected chi connectivity index (χ2v) is 4.73. The zero-order chi connectivity index (χ0) is 11.5. The number of halogens is 3. The minimum Gasteiger partial charge on any atom is -0.315 e. The van der Waals surface area contributed by atoms with Crippen molar-refractivity contribution in [1.82, 2.24) is 10.2 Å². The first-order valence-corrected chi connectivity index (χ1v) is 5.89. The Morgan fingerprint density at radius 3 is 2.94 bits per heavy atom. The predicted octanol–water partition coefficient (Wildman–Crippen LogP) is 2.69. The SMILES string of the molecule is CN(Cc1cc(Cl)ccc1F)C1CCNC1.Cl. The fourth-order valence-corrected chi connectivity index (χ4v) is 2.27. The van der Waals surface area contributed by atoms with Gasteiger partial charge in [0.2, 0.25) is 0 Å².